The van der Waals surface area contributed by atoms with E-state index in [2.05, 4.69) is 30.6 Å². The van der Waals surface area contributed by atoms with Gasteiger partial charge in [0, 0.05) is 53.8 Å². The molecule has 47 heavy (non-hydrogen) atoms. The highest BCUT2D eigenvalue weighted by atomic mass is 35.5. The van der Waals surface area contributed by atoms with Gasteiger partial charge in [-0.1, -0.05) is 29.8 Å². The molecule has 240 valence electrons. The van der Waals surface area contributed by atoms with Gasteiger partial charge in [0.2, 0.25) is 0 Å². The zero-order valence-corrected chi connectivity index (χ0v) is 27.0. The fraction of sp³-hybridized carbons (Fsp3) is 0.152. The van der Waals surface area contributed by atoms with Crippen LogP contribution >= 0.6 is 22.9 Å². The lowest BCUT2D eigenvalue weighted by molar-refractivity contribution is 0.306. The third kappa shape index (κ3) is 8.06. The molecular weight excluding hydrogens is 666 g/mol. The number of pyridine rings is 1. The minimum atomic E-state index is -3.47. The summed E-state index contributed by atoms with van der Waals surface area (Å²) in [5, 5.41) is 9.89. The van der Waals surface area contributed by atoms with Crippen LogP contribution in [0.15, 0.2) is 95.7 Å². The Bertz CT molecular complexity index is 2130. The average molecular weight is 693 g/mol. The average Bonchev–Trinajstić information content (AvgIpc) is 3.53. The molecular formula is C33H27ClF2N6O3S2. The molecule has 3 heterocycles. The molecule has 3 aromatic heterocycles. The Morgan fingerprint density at radius 3 is 2.64 bits per heavy atom. The first-order valence-electron chi connectivity index (χ1n) is 14.4. The number of anilines is 2. The molecule has 14 heteroatoms. The van der Waals surface area contributed by atoms with E-state index in [1.165, 1.54) is 48.1 Å². The van der Waals surface area contributed by atoms with Gasteiger partial charge in [0.25, 0.3) is 0 Å². The third-order valence-corrected chi connectivity index (χ3v) is 9.87. The zero-order valence-electron chi connectivity index (χ0n) is 24.7. The van der Waals surface area contributed by atoms with Crippen LogP contribution < -0.4 is 15.4 Å². The molecule has 0 atom stereocenters. The summed E-state index contributed by atoms with van der Waals surface area (Å²) in [6, 6.07) is 19.1. The lowest BCUT2D eigenvalue weighted by Crippen LogP contribution is -2.25. The molecule has 0 unspecified atom stereocenters. The maximum atomic E-state index is 15.2. The highest BCUT2D eigenvalue weighted by Gasteiger charge is 2.16. The number of benzene rings is 3. The Hall–Kier alpha value is -4.56. The second kappa shape index (κ2) is 14.5. The van der Waals surface area contributed by atoms with Crippen molar-refractivity contribution in [3.05, 3.63) is 118 Å². The number of rotatable bonds is 13. The molecule has 0 fully saturated rings. The number of hydrogen-bond donors (Lipinski definition) is 2. The summed E-state index contributed by atoms with van der Waals surface area (Å²) in [5.74, 6) is -0.0121. The highest BCUT2D eigenvalue weighted by Crippen LogP contribution is 2.34. The molecule has 9 nitrogen and oxygen atoms in total. The first kappa shape index (κ1) is 32.4. The Morgan fingerprint density at radius 2 is 1.83 bits per heavy atom. The van der Waals surface area contributed by atoms with Gasteiger partial charge in [0.05, 0.1) is 27.0 Å². The van der Waals surface area contributed by atoms with Gasteiger partial charge >= 0.3 is 0 Å². The van der Waals surface area contributed by atoms with Crippen LogP contribution in [0.4, 0.5) is 20.3 Å². The number of nitrogens with zero attached hydrogens (tertiary/aromatic N) is 4. The fourth-order valence-electron chi connectivity index (χ4n) is 4.71. The monoisotopic (exact) mass is 692 g/mol. The zero-order chi connectivity index (χ0) is 32.8. The van der Waals surface area contributed by atoms with Gasteiger partial charge in [-0.25, -0.2) is 37.1 Å². The summed E-state index contributed by atoms with van der Waals surface area (Å²) < 4.78 is 59.3. The van der Waals surface area contributed by atoms with Gasteiger partial charge in [0.15, 0.2) is 14.9 Å². The van der Waals surface area contributed by atoms with Crippen LogP contribution in [0.25, 0.3) is 22.2 Å². The predicted molar refractivity (Wildman–Crippen MR) is 179 cm³/mol. The molecule has 2 N–H and O–H groups in total. The molecule has 0 aliphatic heterocycles. The van der Waals surface area contributed by atoms with Crippen molar-refractivity contribution in [2.24, 2.45) is 0 Å². The van der Waals surface area contributed by atoms with Gasteiger partial charge in [-0.3, -0.25) is 0 Å². The Kier molecular flexibility index (Phi) is 9.97. The van der Waals surface area contributed by atoms with E-state index in [0.717, 1.165) is 5.01 Å². The van der Waals surface area contributed by atoms with Crippen molar-refractivity contribution in [1.82, 2.24) is 25.3 Å². The standard InChI is InChI=1S/C33H27ClF2N6O3S2/c34-26-15-23(7-8-30(26)45-18-21-4-3-5-22(35)14-21)41-33-25-16-24(27(36)17-28(25)39-20-40-33)29-19-46-31(42-29)9-11-37-12-13-47(43,44)32-6-1-2-10-38-32/h1-8,10,14-17,19-20,37H,9,11-13,18H2,(H,39,40,41). The molecule has 3 aromatic carbocycles. The number of halogens is 3. The maximum Gasteiger partial charge on any atom is 0.196 e. The second-order valence-corrected chi connectivity index (χ2v) is 13.8. The fourth-order valence-corrected chi connectivity index (χ4v) is 6.87. The van der Waals surface area contributed by atoms with Crippen molar-refractivity contribution >= 4 is 55.2 Å². The predicted octanol–water partition coefficient (Wildman–Crippen LogP) is 7.01. The maximum absolute atomic E-state index is 15.2. The van der Waals surface area contributed by atoms with Crippen molar-refractivity contribution in [2.45, 2.75) is 18.1 Å². The van der Waals surface area contributed by atoms with Crippen LogP contribution in [0, 0.1) is 11.6 Å². The highest BCUT2D eigenvalue weighted by molar-refractivity contribution is 7.91. The van der Waals surface area contributed by atoms with E-state index < -0.39 is 15.7 Å². The number of ether oxygens (including phenoxy) is 1. The second-order valence-electron chi connectivity index (χ2n) is 10.4. The molecule has 0 aliphatic rings. The van der Waals surface area contributed by atoms with Gasteiger partial charge < -0.3 is 15.4 Å². The van der Waals surface area contributed by atoms with E-state index in [4.69, 9.17) is 16.3 Å². The molecule has 0 bridgehead atoms. The summed E-state index contributed by atoms with van der Waals surface area (Å²) in [4.78, 5) is 17.1. The lowest BCUT2D eigenvalue weighted by atomic mass is 10.1. The number of sulfone groups is 1. The van der Waals surface area contributed by atoms with Gasteiger partial charge in [-0.15, -0.1) is 11.3 Å². The Morgan fingerprint density at radius 1 is 0.936 bits per heavy atom. The van der Waals surface area contributed by atoms with Gasteiger partial charge in [0.1, 0.15) is 36.1 Å². The third-order valence-electron chi connectivity index (χ3n) is 7.05. The molecule has 0 spiro atoms. The van der Waals surface area contributed by atoms with E-state index in [1.54, 1.807) is 53.9 Å². The minimum Gasteiger partial charge on any atom is -0.487 e. The van der Waals surface area contributed by atoms with Crippen molar-refractivity contribution in [3.63, 3.8) is 0 Å². The van der Waals surface area contributed by atoms with Crippen LogP contribution in [0.5, 0.6) is 5.75 Å². The van der Waals surface area contributed by atoms with E-state index in [-0.39, 0.29) is 29.7 Å². The number of thiazole rings is 1. The van der Waals surface area contributed by atoms with E-state index in [1.807, 2.05) is 0 Å². The molecule has 6 aromatic rings. The summed E-state index contributed by atoms with van der Waals surface area (Å²) in [6.45, 7) is 0.924. The first-order chi connectivity index (χ1) is 22.7. The van der Waals surface area contributed by atoms with E-state index in [9.17, 15) is 12.8 Å². The largest absolute Gasteiger partial charge is 0.487 e. The molecule has 0 saturated heterocycles. The van der Waals surface area contributed by atoms with Gasteiger partial charge in [-0.2, -0.15) is 0 Å². The van der Waals surface area contributed by atoms with Crippen LogP contribution in [-0.4, -0.2) is 47.2 Å². The van der Waals surface area contributed by atoms with E-state index >= 15 is 4.39 Å². The quantitative estimate of drug-likeness (QED) is 0.123. The van der Waals surface area contributed by atoms with Crippen LogP contribution in [0.2, 0.25) is 5.02 Å². The lowest BCUT2D eigenvalue weighted by Gasteiger charge is -2.12. The van der Waals surface area contributed by atoms with Crippen molar-refractivity contribution in [1.29, 1.82) is 0 Å². The van der Waals surface area contributed by atoms with Crippen molar-refractivity contribution in [3.8, 4) is 17.0 Å². The van der Waals surface area contributed by atoms with Crippen molar-refractivity contribution < 1.29 is 21.9 Å². The Balaban J connectivity index is 1.10. The van der Waals surface area contributed by atoms with Crippen LogP contribution in [0.1, 0.15) is 10.6 Å². The summed E-state index contributed by atoms with van der Waals surface area (Å²) in [7, 11) is -3.47. The van der Waals surface area contributed by atoms with Crippen LogP contribution in [0.3, 0.4) is 0 Å². The van der Waals surface area contributed by atoms with E-state index in [0.29, 0.717) is 63.0 Å². The molecule has 0 aliphatic carbocycles. The molecule has 6 rings (SSSR count). The minimum absolute atomic E-state index is 0.0538. The number of nitrogens with one attached hydrogen (secondary N) is 2. The SMILES string of the molecule is O=S(=O)(CCNCCc1nc(-c2cc3c(Nc4ccc(OCc5cccc(F)c5)c(Cl)c4)ncnc3cc2F)cs1)c1ccccn1. The normalized spacial score (nSPS) is 11.6. The molecule has 0 radical (unpaired) electrons. The van der Waals surface area contributed by atoms with Crippen molar-refractivity contribution in [2.75, 3.05) is 24.2 Å². The summed E-state index contributed by atoms with van der Waals surface area (Å²) in [6.07, 6.45) is 3.34. The topological polar surface area (TPSA) is 119 Å². The molecule has 0 amide bonds. The molecule has 0 saturated carbocycles. The smallest absolute Gasteiger partial charge is 0.196 e. The first-order valence-corrected chi connectivity index (χ1v) is 17.3. The summed E-state index contributed by atoms with van der Waals surface area (Å²) in [5.41, 5.74) is 2.47. The Labute approximate surface area is 278 Å². The van der Waals surface area contributed by atoms with Gasteiger partial charge in [-0.05, 0) is 54.1 Å². The summed E-state index contributed by atoms with van der Waals surface area (Å²) >= 11 is 7.87. The number of aromatic nitrogens is 4. The van der Waals surface area contributed by atoms with Crippen LogP contribution in [-0.2, 0) is 22.9 Å². The number of hydrogen-bond acceptors (Lipinski definition) is 10. The number of fused-ring (bicyclic) bond motifs is 1.